The van der Waals surface area contributed by atoms with E-state index >= 15 is 0 Å². The number of aliphatic hydroxyl groups is 1. The van der Waals surface area contributed by atoms with E-state index in [4.69, 9.17) is 14.6 Å². The normalized spacial score (nSPS) is 13.6. The zero-order valence-corrected chi connectivity index (χ0v) is 8.95. The fourth-order valence-electron chi connectivity index (χ4n) is 0.774. The third kappa shape index (κ3) is 9.80. The van der Waals surface area contributed by atoms with E-state index in [0.29, 0.717) is 25.7 Å². The molecule has 0 aromatic rings. The lowest BCUT2D eigenvalue weighted by molar-refractivity contribution is -0.00134. The summed E-state index contributed by atoms with van der Waals surface area (Å²) in [6, 6.07) is 0. The van der Waals surface area contributed by atoms with E-state index < -0.39 is 0 Å². The molecule has 1 N–H and O–H groups in total. The molecule has 0 amide bonds. The van der Waals surface area contributed by atoms with Gasteiger partial charge >= 0.3 is 0 Å². The fourth-order valence-corrected chi connectivity index (χ4v) is 0.774. The molecule has 80 valence electrons. The molecule has 0 spiro atoms. The van der Waals surface area contributed by atoms with Crippen molar-refractivity contribution in [2.75, 3.05) is 26.4 Å². The first-order valence-electron chi connectivity index (χ1n) is 5.00. The van der Waals surface area contributed by atoms with Crippen LogP contribution in [0.25, 0.3) is 0 Å². The lowest BCUT2D eigenvalue weighted by Gasteiger charge is -2.09. The highest BCUT2D eigenvalue weighted by Gasteiger charge is 1.99. The first kappa shape index (κ1) is 12.9. The Morgan fingerprint density at radius 3 is 2.08 bits per heavy atom. The van der Waals surface area contributed by atoms with E-state index in [1.807, 2.05) is 6.92 Å². The molecule has 1 unspecified atom stereocenters. The summed E-state index contributed by atoms with van der Waals surface area (Å²) in [5.74, 6) is 0.571. The van der Waals surface area contributed by atoms with Crippen LogP contribution >= 0.6 is 0 Å². The highest BCUT2D eigenvalue weighted by atomic mass is 16.5. The third-order valence-electron chi connectivity index (χ3n) is 1.60. The predicted molar refractivity (Wildman–Crippen MR) is 52.8 cm³/mol. The van der Waals surface area contributed by atoms with E-state index in [1.165, 1.54) is 0 Å². The molecule has 0 rings (SSSR count). The van der Waals surface area contributed by atoms with Gasteiger partial charge in [0.1, 0.15) is 0 Å². The van der Waals surface area contributed by atoms with Crippen molar-refractivity contribution in [1.82, 2.24) is 0 Å². The van der Waals surface area contributed by atoms with E-state index in [1.54, 1.807) is 0 Å². The summed E-state index contributed by atoms with van der Waals surface area (Å²) in [6.45, 7) is 8.55. The van der Waals surface area contributed by atoms with Gasteiger partial charge in [0.25, 0.3) is 0 Å². The van der Waals surface area contributed by atoms with Crippen LogP contribution in [-0.4, -0.2) is 37.6 Å². The van der Waals surface area contributed by atoms with Crippen molar-refractivity contribution in [3.63, 3.8) is 0 Å². The molecule has 0 heterocycles. The Kier molecular flexibility index (Phi) is 8.40. The molecule has 0 aliphatic carbocycles. The molecule has 3 nitrogen and oxygen atoms in total. The standard InChI is InChI=1S/C10H22O3/c1-4-10(11)8-13-6-5-12-7-9(2)3/h9-11H,4-8H2,1-3H3. The van der Waals surface area contributed by atoms with Crippen molar-refractivity contribution >= 4 is 0 Å². The maximum atomic E-state index is 9.14. The predicted octanol–water partition coefficient (Wildman–Crippen LogP) is 1.45. The maximum Gasteiger partial charge on any atom is 0.0771 e. The van der Waals surface area contributed by atoms with Crippen molar-refractivity contribution in [2.45, 2.75) is 33.3 Å². The molecule has 0 aliphatic rings. The van der Waals surface area contributed by atoms with E-state index in [9.17, 15) is 0 Å². The van der Waals surface area contributed by atoms with Gasteiger partial charge in [-0.1, -0.05) is 20.8 Å². The van der Waals surface area contributed by atoms with Gasteiger partial charge in [-0.3, -0.25) is 0 Å². The Bertz CT molecular complexity index is 104. The van der Waals surface area contributed by atoms with Crippen molar-refractivity contribution in [3.05, 3.63) is 0 Å². The van der Waals surface area contributed by atoms with E-state index in [0.717, 1.165) is 13.0 Å². The van der Waals surface area contributed by atoms with Crippen LogP contribution in [0.5, 0.6) is 0 Å². The van der Waals surface area contributed by atoms with Gasteiger partial charge in [-0.25, -0.2) is 0 Å². The van der Waals surface area contributed by atoms with E-state index in [2.05, 4.69) is 13.8 Å². The van der Waals surface area contributed by atoms with Gasteiger partial charge in [-0.05, 0) is 12.3 Å². The molecule has 13 heavy (non-hydrogen) atoms. The molecule has 0 saturated carbocycles. The van der Waals surface area contributed by atoms with E-state index in [-0.39, 0.29) is 6.10 Å². The monoisotopic (exact) mass is 190 g/mol. The summed E-state index contributed by atoms with van der Waals surface area (Å²) in [4.78, 5) is 0. The highest BCUT2D eigenvalue weighted by molar-refractivity contribution is 4.48. The van der Waals surface area contributed by atoms with Gasteiger partial charge in [0.2, 0.25) is 0 Å². The van der Waals surface area contributed by atoms with Crippen LogP contribution in [-0.2, 0) is 9.47 Å². The minimum Gasteiger partial charge on any atom is -0.391 e. The molecule has 0 aliphatic heterocycles. The lowest BCUT2D eigenvalue weighted by Crippen LogP contribution is -2.16. The molecular formula is C10H22O3. The SMILES string of the molecule is CCC(O)COCCOCC(C)C. The van der Waals surface area contributed by atoms with Crippen molar-refractivity contribution in [2.24, 2.45) is 5.92 Å². The van der Waals surface area contributed by atoms with Gasteiger partial charge in [-0.15, -0.1) is 0 Å². The van der Waals surface area contributed by atoms with Crippen LogP contribution < -0.4 is 0 Å². The second kappa shape index (κ2) is 8.48. The van der Waals surface area contributed by atoms with Crippen LogP contribution in [0.15, 0.2) is 0 Å². The Hall–Kier alpha value is -0.120. The Morgan fingerprint density at radius 2 is 1.62 bits per heavy atom. The second-order valence-corrected chi connectivity index (χ2v) is 3.61. The summed E-state index contributed by atoms with van der Waals surface area (Å²) in [5.41, 5.74) is 0. The summed E-state index contributed by atoms with van der Waals surface area (Å²) in [5, 5.41) is 9.14. The first-order chi connectivity index (χ1) is 6.16. The van der Waals surface area contributed by atoms with Crippen LogP contribution in [0.2, 0.25) is 0 Å². The minimum atomic E-state index is -0.329. The largest absolute Gasteiger partial charge is 0.391 e. The van der Waals surface area contributed by atoms with Gasteiger partial charge < -0.3 is 14.6 Å². The molecule has 1 atom stereocenters. The van der Waals surface area contributed by atoms with Gasteiger partial charge in [0, 0.05) is 6.61 Å². The number of hydrogen-bond acceptors (Lipinski definition) is 3. The quantitative estimate of drug-likeness (QED) is 0.589. The van der Waals surface area contributed by atoms with Crippen molar-refractivity contribution < 1.29 is 14.6 Å². The van der Waals surface area contributed by atoms with Gasteiger partial charge in [-0.2, -0.15) is 0 Å². The summed E-state index contributed by atoms with van der Waals surface area (Å²) in [6.07, 6.45) is 0.414. The molecular weight excluding hydrogens is 168 g/mol. The Balaban J connectivity index is 2.99. The zero-order valence-electron chi connectivity index (χ0n) is 8.95. The average molecular weight is 190 g/mol. The number of ether oxygens (including phenoxy) is 2. The minimum absolute atomic E-state index is 0.329. The smallest absolute Gasteiger partial charge is 0.0771 e. The molecule has 0 aromatic heterocycles. The molecule has 0 saturated heterocycles. The fraction of sp³-hybridized carbons (Fsp3) is 1.00. The topological polar surface area (TPSA) is 38.7 Å². The van der Waals surface area contributed by atoms with Crippen molar-refractivity contribution in [1.29, 1.82) is 0 Å². The van der Waals surface area contributed by atoms with Gasteiger partial charge in [0.05, 0.1) is 25.9 Å². The Morgan fingerprint density at radius 1 is 1.08 bits per heavy atom. The van der Waals surface area contributed by atoms with Crippen LogP contribution in [0.1, 0.15) is 27.2 Å². The number of hydrogen-bond donors (Lipinski definition) is 1. The molecule has 0 radical (unpaired) electrons. The first-order valence-corrected chi connectivity index (χ1v) is 5.00. The summed E-state index contributed by atoms with van der Waals surface area (Å²) >= 11 is 0. The number of aliphatic hydroxyl groups excluding tert-OH is 1. The second-order valence-electron chi connectivity index (χ2n) is 3.61. The zero-order chi connectivity index (χ0) is 10.1. The lowest BCUT2D eigenvalue weighted by atomic mass is 10.2. The Labute approximate surface area is 81.0 Å². The van der Waals surface area contributed by atoms with Crippen LogP contribution in [0.4, 0.5) is 0 Å². The molecule has 3 heteroatoms. The number of rotatable bonds is 8. The van der Waals surface area contributed by atoms with Crippen LogP contribution in [0.3, 0.4) is 0 Å². The van der Waals surface area contributed by atoms with Crippen LogP contribution in [0, 0.1) is 5.92 Å². The molecule has 0 fully saturated rings. The third-order valence-corrected chi connectivity index (χ3v) is 1.60. The average Bonchev–Trinajstić information content (AvgIpc) is 2.10. The highest BCUT2D eigenvalue weighted by Crippen LogP contribution is 1.93. The summed E-state index contributed by atoms with van der Waals surface area (Å²) in [7, 11) is 0. The molecule has 0 bridgehead atoms. The van der Waals surface area contributed by atoms with Crippen molar-refractivity contribution in [3.8, 4) is 0 Å². The molecule has 0 aromatic carbocycles. The maximum absolute atomic E-state index is 9.14. The summed E-state index contributed by atoms with van der Waals surface area (Å²) < 4.78 is 10.5. The van der Waals surface area contributed by atoms with Gasteiger partial charge in [0.15, 0.2) is 0 Å².